The Morgan fingerprint density at radius 3 is 2.72 bits per heavy atom. The number of aromatic nitrogens is 4. The zero-order valence-corrected chi connectivity index (χ0v) is 17.5. The summed E-state index contributed by atoms with van der Waals surface area (Å²) in [4.78, 5) is 10.4. The number of fused-ring (bicyclic) bond motifs is 1. The van der Waals surface area contributed by atoms with Gasteiger partial charge in [0, 0.05) is 17.9 Å². The zero-order chi connectivity index (χ0) is 21.9. The van der Waals surface area contributed by atoms with Crippen LogP contribution >= 0.6 is 0 Å². The van der Waals surface area contributed by atoms with Gasteiger partial charge in [-0.05, 0) is 67.8 Å². The highest BCUT2D eigenvalue weighted by molar-refractivity contribution is 6.11. The molecule has 32 heavy (non-hydrogen) atoms. The molecule has 1 atom stereocenters. The topological polar surface area (TPSA) is 88.7 Å². The highest BCUT2D eigenvalue weighted by Crippen LogP contribution is 2.34. The second-order valence-electron chi connectivity index (χ2n) is 7.60. The summed E-state index contributed by atoms with van der Waals surface area (Å²) in [6, 6.07) is 19.5. The molecule has 1 aliphatic heterocycles. The van der Waals surface area contributed by atoms with Gasteiger partial charge in [0.05, 0.1) is 11.3 Å². The summed E-state index contributed by atoms with van der Waals surface area (Å²) in [6.07, 6.45) is 6.72. The van der Waals surface area contributed by atoms with Crippen LogP contribution in [0.3, 0.4) is 0 Å². The van der Waals surface area contributed by atoms with E-state index >= 15 is 0 Å². The largest absolute Gasteiger partial charge is 0.438 e. The van der Waals surface area contributed by atoms with E-state index in [4.69, 9.17) is 4.74 Å². The molecule has 160 valence electrons. The highest BCUT2D eigenvalue weighted by atomic mass is 16.5. The molecule has 1 unspecified atom stereocenters. The first-order valence-electron chi connectivity index (χ1n) is 10.4. The average Bonchev–Trinajstić information content (AvgIpc) is 3.37. The molecule has 1 aliphatic rings. The second-order valence-corrected chi connectivity index (χ2v) is 7.60. The zero-order valence-electron chi connectivity index (χ0n) is 17.5. The summed E-state index contributed by atoms with van der Waals surface area (Å²) in [6.45, 7) is 2.13. The van der Waals surface area contributed by atoms with E-state index in [1.54, 1.807) is 17.2 Å². The fourth-order valence-corrected chi connectivity index (χ4v) is 4.01. The summed E-state index contributed by atoms with van der Waals surface area (Å²) >= 11 is 0. The van der Waals surface area contributed by atoms with Gasteiger partial charge in [0.1, 0.15) is 18.4 Å². The predicted molar refractivity (Wildman–Crippen MR) is 121 cm³/mol. The number of aryl methyl sites for hydroxylation is 1. The first-order valence-corrected chi connectivity index (χ1v) is 10.4. The molecule has 4 aromatic rings. The van der Waals surface area contributed by atoms with Gasteiger partial charge in [-0.25, -0.2) is 14.6 Å². The molecule has 2 aromatic heterocycles. The minimum absolute atomic E-state index is 0.158. The Bertz CT molecular complexity index is 1240. The van der Waals surface area contributed by atoms with E-state index in [9.17, 15) is 5.21 Å². The van der Waals surface area contributed by atoms with Gasteiger partial charge in [0.25, 0.3) is 0 Å². The number of ether oxygens (including phenoxy) is 1. The molecule has 5 rings (SSSR count). The van der Waals surface area contributed by atoms with E-state index in [1.165, 1.54) is 11.9 Å². The minimum atomic E-state index is 0.158. The number of amidine groups is 1. The fourth-order valence-electron chi connectivity index (χ4n) is 4.01. The van der Waals surface area contributed by atoms with E-state index in [2.05, 4.69) is 44.2 Å². The van der Waals surface area contributed by atoms with E-state index in [0.717, 1.165) is 24.2 Å². The van der Waals surface area contributed by atoms with Gasteiger partial charge in [0.15, 0.2) is 5.84 Å². The lowest BCUT2D eigenvalue weighted by Gasteiger charge is -2.37. The lowest BCUT2D eigenvalue weighted by molar-refractivity contribution is 0.317. The van der Waals surface area contributed by atoms with E-state index < -0.39 is 0 Å². The Hall–Kier alpha value is -4.20. The predicted octanol–water partition coefficient (Wildman–Crippen LogP) is 4.43. The Labute approximate surface area is 185 Å². The molecule has 0 fully saturated rings. The van der Waals surface area contributed by atoms with E-state index in [1.807, 2.05) is 48.5 Å². The second kappa shape index (κ2) is 8.50. The minimum Gasteiger partial charge on any atom is -0.438 e. The molecule has 0 bridgehead atoms. The number of oxime groups is 1. The molecule has 0 spiro atoms. The maximum absolute atomic E-state index is 10.1. The number of pyridine rings is 1. The molecule has 0 radical (unpaired) electrons. The van der Waals surface area contributed by atoms with Crippen molar-refractivity contribution in [3.05, 3.63) is 90.6 Å². The Morgan fingerprint density at radius 1 is 1.09 bits per heavy atom. The highest BCUT2D eigenvalue weighted by Gasteiger charge is 2.30. The third-order valence-corrected chi connectivity index (χ3v) is 5.59. The van der Waals surface area contributed by atoms with E-state index in [-0.39, 0.29) is 6.04 Å². The van der Waals surface area contributed by atoms with Gasteiger partial charge < -0.3 is 14.8 Å². The number of hydrogen-bond acceptors (Lipinski definition) is 6. The lowest BCUT2D eigenvalue weighted by Crippen LogP contribution is -2.42. The third kappa shape index (κ3) is 3.66. The maximum Gasteiger partial charge on any atom is 0.230 e. The van der Waals surface area contributed by atoms with Crippen molar-refractivity contribution in [3.63, 3.8) is 0 Å². The van der Waals surface area contributed by atoms with Crippen molar-refractivity contribution in [2.24, 2.45) is 5.16 Å². The van der Waals surface area contributed by atoms with Crippen molar-refractivity contribution >= 4 is 11.5 Å². The quantitative estimate of drug-likeness (QED) is 0.225. The molecule has 0 saturated heterocycles. The molecule has 8 heteroatoms. The molecule has 2 aromatic carbocycles. The van der Waals surface area contributed by atoms with Crippen LogP contribution in [0, 0.1) is 0 Å². The Balaban J connectivity index is 1.48. The van der Waals surface area contributed by atoms with Crippen LogP contribution in [0.4, 0.5) is 5.69 Å². The number of benzene rings is 2. The number of hydrogen-bond donors (Lipinski definition) is 1. The summed E-state index contributed by atoms with van der Waals surface area (Å²) < 4.78 is 7.77. The van der Waals surface area contributed by atoms with Crippen molar-refractivity contribution in [2.45, 2.75) is 25.8 Å². The van der Waals surface area contributed by atoms with Crippen LogP contribution < -0.4 is 9.64 Å². The van der Waals surface area contributed by atoms with Crippen molar-refractivity contribution in [3.8, 4) is 17.3 Å². The maximum atomic E-state index is 10.1. The normalized spacial score (nSPS) is 16.0. The van der Waals surface area contributed by atoms with Crippen LogP contribution in [0.1, 0.15) is 24.5 Å². The molecule has 8 nitrogen and oxygen atoms in total. The molecule has 0 saturated carbocycles. The molecule has 0 amide bonds. The monoisotopic (exact) mass is 426 g/mol. The van der Waals surface area contributed by atoms with Gasteiger partial charge in [-0.1, -0.05) is 23.4 Å². The van der Waals surface area contributed by atoms with Gasteiger partial charge in [0.2, 0.25) is 5.88 Å². The van der Waals surface area contributed by atoms with Crippen molar-refractivity contribution in [1.29, 1.82) is 0 Å². The number of nitrogens with zero attached hydrogens (tertiary/aromatic N) is 6. The lowest BCUT2D eigenvalue weighted by atomic mass is 9.95. The molecular formula is C24H22N6O2. The summed E-state index contributed by atoms with van der Waals surface area (Å²) in [7, 11) is 0. The van der Waals surface area contributed by atoms with Crippen LogP contribution in [-0.4, -0.2) is 36.8 Å². The SMILES string of the molecule is CC1CCc2ccccc2N1/C(=N\O)c1cccnc1Oc1ccc(-n2cncn2)cc1. The number of rotatable bonds is 4. The Kier molecular flexibility index (Phi) is 5.25. The average molecular weight is 426 g/mol. The molecule has 1 N–H and O–H groups in total. The summed E-state index contributed by atoms with van der Waals surface area (Å²) in [5.74, 6) is 1.38. The van der Waals surface area contributed by atoms with Crippen molar-refractivity contribution in [1.82, 2.24) is 19.7 Å². The summed E-state index contributed by atoms with van der Waals surface area (Å²) in [5, 5.41) is 17.9. The fraction of sp³-hybridized carbons (Fsp3) is 0.167. The first kappa shape index (κ1) is 19.7. The number of para-hydroxylation sites is 1. The number of anilines is 1. The summed E-state index contributed by atoms with van der Waals surface area (Å²) in [5.41, 5.74) is 3.74. The third-order valence-electron chi connectivity index (χ3n) is 5.59. The van der Waals surface area contributed by atoms with Gasteiger partial charge in [-0.15, -0.1) is 0 Å². The van der Waals surface area contributed by atoms with Crippen molar-refractivity contribution < 1.29 is 9.94 Å². The first-order chi connectivity index (χ1) is 15.7. The van der Waals surface area contributed by atoms with Gasteiger partial charge >= 0.3 is 0 Å². The van der Waals surface area contributed by atoms with Crippen LogP contribution in [0.25, 0.3) is 5.69 Å². The van der Waals surface area contributed by atoms with Gasteiger partial charge in [-0.3, -0.25) is 0 Å². The Morgan fingerprint density at radius 2 is 1.94 bits per heavy atom. The van der Waals surface area contributed by atoms with Crippen LogP contribution in [0.15, 0.2) is 84.7 Å². The smallest absolute Gasteiger partial charge is 0.230 e. The van der Waals surface area contributed by atoms with Crippen LogP contribution in [0.5, 0.6) is 11.6 Å². The van der Waals surface area contributed by atoms with Gasteiger partial charge in [-0.2, -0.15) is 5.10 Å². The van der Waals surface area contributed by atoms with E-state index in [0.29, 0.717) is 23.0 Å². The molecule has 0 aliphatic carbocycles. The van der Waals surface area contributed by atoms with Crippen LogP contribution in [0.2, 0.25) is 0 Å². The molecule has 3 heterocycles. The van der Waals surface area contributed by atoms with Crippen LogP contribution in [-0.2, 0) is 6.42 Å². The molecular weight excluding hydrogens is 404 g/mol. The standard InChI is InChI=1S/C24H22N6O2/c1-17-8-9-18-5-2-3-7-22(18)30(17)23(28-31)21-6-4-14-26-24(21)32-20-12-10-19(11-13-20)29-16-25-15-27-29/h2-7,10-17,31H,8-9H2,1H3/b28-23-. The van der Waals surface area contributed by atoms with Crippen molar-refractivity contribution in [2.75, 3.05) is 4.90 Å².